The van der Waals surface area contributed by atoms with Crippen LogP contribution in [0.3, 0.4) is 0 Å². The summed E-state index contributed by atoms with van der Waals surface area (Å²) in [6.07, 6.45) is -0.208. The Kier molecular flexibility index (Phi) is 3.41. The molecule has 100 valence electrons. The summed E-state index contributed by atoms with van der Waals surface area (Å²) in [5.41, 5.74) is 0.349. The molecule has 7 nitrogen and oxygen atoms in total. The molecule has 0 bridgehead atoms. The maximum atomic E-state index is 13.6. The quantitative estimate of drug-likeness (QED) is 0.754. The molecule has 1 unspecified atom stereocenters. The lowest BCUT2D eigenvalue weighted by atomic mass is 10.1. The third-order valence-electron chi connectivity index (χ3n) is 2.50. The summed E-state index contributed by atoms with van der Waals surface area (Å²) in [5.74, 6) is -2.24. The second kappa shape index (κ2) is 5.01. The number of rotatable bonds is 4. The molecule has 1 aromatic carbocycles. The number of carbonyl (C=O) groups excluding carboxylic acids is 1. The molecule has 0 saturated heterocycles. The zero-order valence-electron chi connectivity index (χ0n) is 9.98. The van der Waals surface area contributed by atoms with E-state index in [4.69, 9.17) is 5.11 Å². The van der Waals surface area contributed by atoms with Gasteiger partial charge in [-0.1, -0.05) is 0 Å². The average Bonchev–Trinajstić information content (AvgIpc) is 2.76. The first-order chi connectivity index (χ1) is 8.97. The summed E-state index contributed by atoms with van der Waals surface area (Å²) >= 11 is 0. The van der Waals surface area contributed by atoms with Crippen molar-refractivity contribution in [2.45, 2.75) is 19.4 Å². The SMILES string of the molecule is CC(CC(=O)O)NC(=O)c1cc(F)c2n[nH]nc2c1. The fourth-order valence-corrected chi connectivity index (χ4v) is 1.66. The van der Waals surface area contributed by atoms with Gasteiger partial charge in [0.25, 0.3) is 5.91 Å². The van der Waals surface area contributed by atoms with Gasteiger partial charge in [0, 0.05) is 11.6 Å². The van der Waals surface area contributed by atoms with Crippen molar-refractivity contribution >= 4 is 22.9 Å². The van der Waals surface area contributed by atoms with Crippen molar-refractivity contribution in [2.75, 3.05) is 0 Å². The van der Waals surface area contributed by atoms with Crippen molar-refractivity contribution in [3.05, 3.63) is 23.5 Å². The molecule has 1 aromatic heterocycles. The van der Waals surface area contributed by atoms with E-state index in [1.54, 1.807) is 6.92 Å². The van der Waals surface area contributed by atoms with E-state index in [1.165, 1.54) is 6.07 Å². The van der Waals surface area contributed by atoms with Crippen LogP contribution in [0.25, 0.3) is 11.0 Å². The number of H-pyrrole nitrogens is 1. The van der Waals surface area contributed by atoms with E-state index in [-0.39, 0.29) is 23.0 Å². The number of aromatic nitrogens is 3. The molecule has 2 aromatic rings. The van der Waals surface area contributed by atoms with Crippen molar-refractivity contribution in [3.63, 3.8) is 0 Å². The van der Waals surface area contributed by atoms with Crippen LogP contribution in [0.4, 0.5) is 4.39 Å². The molecular formula is C11H11FN4O3. The van der Waals surface area contributed by atoms with E-state index >= 15 is 0 Å². The first-order valence-electron chi connectivity index (χ1n) is 5.50. The molecule has 0 saturated carbocycles. The van der Waals surface area contributed by atoms with Gasteiger partial charge in [0.05, 0.1) is 6.42 Å². The normalized spacial score (nSPS) is 12.3. The van der Waals surface area contributed by atoms with E-state index < -0.39 is 23.7 Å². The Morgan fingerprint density at radius 3 is 2.89 bits per heavy atom. The molecule has 0 aliphatic rings. The number of halogens is 1. The second-order valence-corrected chi connectivity index (χ2v) is 4.12. The lowest BCUT2D eigenvalue weighted by Gasteiger charge is -2.11. The lowest BCUT2D eigenvalue weighted by molar-refractivity contribution is -0.137. The van der Waals surface area contributed by atoms with E-state index in [9.17, 15) is 14.0 Å². The highest BCUT2D eigenvalue weighted by Crippen LogP contribution is 2.15. The van der Waals surface area contributed by atoms with Crippen LogP contribution in [0, 0.1) is 5.82 Å². The molecule has 1 heterocycles. The Balaban J connectivity index is 2.19. The highest BCUT2D eigenvalue weighted by molar-refractivity contribution is 5.97. The molecule has 2 rings (SSSR count). The molecule has 0 radical (unpaired) electrons. The highest BCUT2D eigenvalue weighted by atomic mass is 19.1. The van der Waals surface area contributed by atoms with Gasteiger partial charge in [0.15, 0.2) is 5.82 Å². The number of fused-ring (bicyclic) bond motifs is 1. The Hall–Kier alpha value is -2.51. The third kappa shape index (κ3) is 2.84. The molecular weight excluding hydrogens is 255 g/mol. The number of nitrogens with one attached hydrogen (secondary N) is 2. The standard InChI is InChI=1S/C11H11FN4O3/c1-5(2-9(17)18)13-11(19)6-3-7(12)10-8(4-6)14-16-15-10/h3-5H,2H2,1H3,(H,13,19)(H,17,18)(H,14,15,16). The van der Waals surface area contributed by atoms with Crippen LogP contribution >= 0.6 is 0 Å². The topological polar surface area (TPSA) is 108 Å². The first-order valence-corrected chi connectivity index (χ1v) is 5.50. The molecule has 8 heteroatoms. The lowest BCUT2D eigenvalue weighted by Crippen LogP contribution is -2.34. The van der Waals surface area contributed by atoms with Crippen LogP contribution in [0.1, 0.15) is 23.7 Å². The second-order valence-electron chi connectivity index (χ2n) is 4.12. The van der Waals surface area contributed by atoms with E-state index in [0.717, 1.165) is 6.07 Å². The Morgan fingerprint density at radius 1 is 1.47 bits per heavy atom. The van der Waals surface area contributed by atoms with E-state index in [1.807, 2.05) is 0 Å². The Labute approximate surface area is 106 Å². The van der Waals surface area contributed by atoms with Crippen LogP contribution in [-0.4, -0.2) is 38.4 Å². The fraction of sp³-hybridized carbons (Fsp3) is 0.273. The zero-order chi connectivity index (χ0) is 14.0. The number of hydrogen-bond acceptors (Lipinski definition) is 4. The monoisotopic (exact) mass is 266 g/mol. The molecule has 0 aliphatic carbocycles. The van der Waals surface area contributed by atoms with Crippen LogP contribution in [-0.2, 0) is 4.79 Å². The third-order valence-corrected chi connectivity index (χ3v) is 2.50. The predicted molar refractivity (Wildman–Crippen MR) is 63.0 cm³/mol. The number of nitrogens with zero attached hydrogens (tertiary/aromatic N) is 2. The Bertz CT molecular complexity index is 640. The van der Waals surface area contributed by atoms with Crippen LogP contribution in [0.2, 0.25) is 0 Å². The molecule has 0 aliphatic heterocycles. The first kappa shape index (κ1) is 12.9. The summed E-state index contributed by atoms with van der Waals surface area (Å²) in [6.45, 7) is 1.55. The minimum atomic E-state index is -1.02. The summed E-state index contributed by atoms with van der Waals surface area (Å²) < 4.78 is 13.6. The van der Waals surface area contributed by atoms with Gasteiger partial charge in [-0.25, -0.2) is 4.39 Å². The van der Waals surface area contributed by atoms with Gasteiger partial charge < -0.3 is 10.4 Å². The van der Waals surface area contributed by atoms with Gasteiger partial charge in [0.2, 0.25) is 0 Å². The van der Waals surface area contributed by atoms with Crippen LogP contribution in [0.5, 0.6) is 0 Å². The number of hydrogen-bond donors (Lipinski definition) is 3. The smallest absolute Gasteiger partial charge is 0.305 e. The van der Waals surface area contributed by atoms with Crippen LogP contribution in [0.15, 0.2) is 12.1 Å². The van der Waals surface area contributed by atoms with Gasteiger partial charge in [-0.2, -0.15) is 15.4 Å². The van der Waals surface area contributed by atoms with E-state index in [0.29, 0.717) is 0 Å². The number of aromatic amines is 1. The zero-order valence-corrected chi connectivity index (χ0v) is 9.98. The van der Waals surface area contributed by atoms with Gasteiger partial charge in [-0.15, -0.1) is 0 Å². The molecule has 1 amide bonds. The minimum Gasteiger partial charge on any atom is -0.481 e. The number of carboxylic acids is 1. The number of carboxylic acid groups (broad SMARTS) is 1. The summed E-state index contributed by atoms with van der Waals surface area (Å²) in [5, 5.41) is 20.6. The summed E-state index contributed by atoms with van der Waals surface area (Å²) in [7, 11) is 0. The molecule has 0 fully saturated rings. The van der Waals surface area contributed by atoms with Crippen molar-refractivity contribution in [2.24, 2.45) is 0 Å². The maximum Gasteiger partial charge on any atom is 0.305 e. The maximum absolute atomic E-state index is 13.6. The van der Waals surface area contributed by atoms with Gasteiger partial charge in [0.1, 0.15) is 11.0 Å². The van der Waals surface area contributed by atoms with Gasteiger partial charge >= 0.3 is 5.97 Å². The minimum absolute atomic E-state index is 0.0511. The fourth-order valence-electron chi connectivity index (χ4n) is 1.66. The van der Waals surface area contributed by atoms with Crippen molar-refractivity contribution < 1.29 is 19.1 Å². The number of benzene rings is 1. The number of amides is 1. The van der Waals surface area contributed by atoms with Gasteiger partial charge in [-0.3, -0.25) is 9.59 Å². The molecule has 3 N–H and O–H groups in total. The van der Waals surface area contributed by atoms with Crippen LogP contribution < -0.4 is 5.32 Å². The van der Waals surface area contributed by atoms with Crippen molar-refractivity contribution in [1.29, 1.82) is 0 Å². The number of carbonyl (C=O) groups is 2. The largest absolute Gasteiger partial charge is 0.481 e. The van der Waals surface area contributed by atoms with Crippen molar-refractivity contribution in [3.8, 4) is 0 Å². The average molecular weight is 266 g/mol. The number of aliphatic carboxylic acids is 1. The summed E-state index contributed by atoms with van der Waals surface area (Å²) in [4.78, 5) is 22.3. The highest BCUT2D eigenvalue weighted by Gasteiger charge is 2.16. The van der Waals surface area contributed by atoms with Crippen molar-refractivity contribution in [1.82, 2.24) is 20.7 Å². The van der Waals surface area contributed by atoms with E-state index in [2.05, 4.69) is 20.7 Å². The summed E-state index contributed by atoms with van der Waals surface area (Å²) in [6, 6.07) is 1.86. The molecule has 0 spiro atoms. The molecule has 19 heavy (non-hydrogen) atoms. The molecule has 1 atom stereocenters. The predicted octanol–water partition coefficient (Wildman–Crippen LogP) is 0.690. The Morgan fingerprint density at radius 2 is 2.21 bits per heavy atom. The van der Waals surface area contributed by atoms with Gasteiger partial charge in [-0.05, 0) is 19.1 Å².